The number of amides is 1. The van der Waals surface area contributed by atoms with Crippen LogP contribution < -0.4 is 10.2 Å². The summed E-state index contributed by atoms with van der Waals surface area (Å²) < 4.78 is 44.7. The molecule has 1 fully saturated rings. The number of carbonyl (C=O) groups excluding carboxylic acids is 1. The van der Waals surface area contributed by atoms with Crippen molar-refractivity contribution in [1.29, 1.82) is 0 Å². The predicted molar refractivity (Wildman–Crippen MR) is 105 cm³/mol. The van der Waals surface area contributed by atoms with Gasteiger partial charge in [-0.1, -0.05) is 30.3 Å². The van der Waals surface area contributed by atoms with E-state index in [9.17, 15) is 13.6 Å². The fourth-order valence-electron chi connectivity index (χ4n) is 3.35. The quantitative estimate of drug-likeness (QED) is 0.732. The molecule has 6 nitrogen and oxygen atoms in total. The van der Waals surface area contributed by atoms with Crippen molar-refractivity contribution in [3.63, 3.8) is 0 Å². The van der Waals surface area contributed by atoms with Crippen molar-refractivity contribution >= 4 is 17.5 Å². The third kappa shape index (κ3) is 4.83. The number of hydrogen-bond acceptors (Lipinski definition) is 5. The van der Waals surface area contributed by atoms with E-state index in [1.165, 1.54) is 26.4 Å². The van der Waals surface area contributed by atoms with Crippen LogP contribution in [0.3, 0.4) is 0 Å². The summed E-state index contributed by atoms with van der Waals surface area (Å²) in [6.45, 7) is 0.412. The van der Waals surface area contributed by atoms with Gasteiger partial charge in [-0.05, 0) is 23.8 Å². The Kier molecular flexibility index (Phi) is 6.66. The highest BCUT2D eigenvalue weighted by Gasteiger charge is 2.45. The Balaban J connectivity index is 1.59. The number of halogens is 2. The lowest BCUT2D eigenvalue weighted by atomic mass is 10.0. The lowest BCUT2D eigenvalue weighted by Crippen LogP contribution is -2.56. The van der Waals surface area contributed by atoms with E-state index in [1.807, 2.05) is 30.3 Å². The van der Waals surface area contributed by atoms with Gasteiger partial charge in [-0.2, -0.15) is 0 Å². The Morgan fingerprint density at radius 3 is 2.55 bits per heavy atom. The molecule has 2 aromatic rings. The number of rotatable bonds is 6. The smallest absolute Gasteiger partial charge is 0.411 e. The van der Waals surface area contributed by atoms with Crippen LogP contribution in [-0.2, 0) is 20.8 Å². The molecule has 0 saturated carbocycles. The van der Waals surface area contributed by atoms with Crippen LogP contribution in [0.15, 0.2) is 48.5 Å². The molecule has 1 aliphatic heterocycles. The second-order valence-corrected chi connectivity index (χ2v) is 6.74. The van der Waals surface area contributed by atoms with Crippen LogP contribution in [0.2, 0.25) is 0 Å². The van der Waals surface area contributed by atoms with Crippen LogP contribution in [0.5, 0.6) is 0 Å². The summed E-state index contributed by atoms with van der Waals surface area (Å²) in [5, 5.41) is 2.49. The Bertz CT molecular complexity index is 831. The van der Waals surface area contributed by atoms with E-state index in [-0.39, 0.29) is 30.9 Å². The molecule has 1 unspecified atom stereocenters. The van der Waals surface area contributed by atoms with Gasteiger partial charge in [-0.3, -0.25) is 5.32 Å². The molecule has 3 rings (SSSR count). The van der Waals surface area contributed by atoms with Gasteiger partial charge in [0.05, 0.1) is 12.2 Å². The summed E-state index contributed by atoms with van der Waals surface area (Å²) >= 11 is 0. The normalized spacial score (nSPS) is 18.3. The number of methoxy groups -OCH3 is 2. The maximum Gasteiger partial charge on any atom is 0.411 e. The maximum atomic E-state index is 14.6. The molecular formula is C21H24F2N2O4. The summed E-state index contributed by atoms with van der Waals surface area (Å²) in [5.74, 6) is -1.88. The average Bonchev–Trinajstić information content (AvgIpc) is 2.73. The second kappa shape index (κ2) is 9.19. The van der Waals surface area contributed by atoms with Gasteiger partial charge in [0.15, 0.2) is 6.17 Å². The number of nitrogens with one attached hydrogen (secondary N) is 1. The average molecular weight is 406 g/mol. The van der Waals surface area contributed by atoms with Crippen molar-refractivity contribution in [3.05, 3.63) is 59.9 Å². The van der Waals surface area contributed by atoms with Crippen molar-refractivity contribution in [2.24, 2.45) is 0 Å². The summed E-state index contributed by atoms with van der Waals surface area (Å²) in [7, 11) is 2.79. The molecule has 1 amide bonds. The van der Waals surface area contributed by atoms with Gasteiger partial charge in [-0.25, -0.2) is 13.6 Å². The first-order valence-corrected chi connectivity index (χ1v) is 9.24. The number of piperidine rings is 1. The fraction of sp³-hybridized carbons (Fsp3) is 0.381. The zero-order chi connectivity index (χ0) is 20.9. The molecule has 0 bridgehead atoms. The maximum absolute atomic E-state index is 14.6. The molecule has 1 heterocycles. The summed E-state index contributed by atoms with van der Waals surface area (Å²) in [5.41, 5.74) is 1.34. The molecule has 1 aliphatic rings. The minimum absolute atomic E-state index is 0.0650. The number of ether oxygens (including phenoxy) is 3. The number of anilines is 2. The van der Waals surface area contributed by atoms with E-state index in [0.717, 1.165) is 5.56 Å². The third-order valence-electron chi connectivity index (χ3n) is 5.03. The van der Waals surface area contributed by atoms with Crippen LogP contribution in [0.4, 0.5) is 25.0 Å². The van der Waals surface area contributed by atoms with Crippen molar-refractivity contribution in [1.82, 2.24) is 0 Å². The zero-order valence-corrected chi connectivity index (χ0v) is 16.4. The number of alkyl halides is 1. The molecule has 8 heteroatoms. The van der Waals surface area contributed by atoms with Gasteiger partial charge >= 0.3 is 6.09 Å². The van der Waals surface area contributed by atoms with E-state index < -0.39 is 23.9 Å². The fourth-order valence-corrected chi connectivity index (χ4v) is 3.35. The Hall–Kier alpha value is -2.71. The first-order valence-electron chi connectivity index (χ1n) is 9.24. The largest absolute Gasteiger partial charge is 0.444 e. The number of carbonyl (C=O) groups is 1. The topological polar surface area (TPSA) is 60.0 Å². The zero-order valence-electron chi connectivity index (χ0n) is 16.4. The molecule has 156 valence electrons. The molecular weight excluding hydrogens is 382 g/mol. The van der Waals surface area contributed by atoms with Crippen molar-refractivity contribution < 1.29 is 27.8 Å². The van der Waals surface area contributed by atoms with Crippen LogP contribution >= 0.6 is 0 Å². The number of benzene rings is 2. The second-order valence-electron chi connectivity index (χ2n) is 6.74. The van der Waals surface area contributed by atoms with Gasteiger partial charge in [-0.15, -0.1) is 0 Å². The first-order chi connectivity index (χ1) is 14.0. The summed E-state index contributed by atoms with van der Waals surface area (Å²) in [6.07, 6.45) is -1.86. The molecule has 1 atom stereocenters. The minimum Gasteiger partial charge on any atom is -0.444 e. The molecule has 0 radical (unpaired) electrons. The van der Waals surface area contributed by atoms with E-state index in [1.54, 1.807) is 11.0 Å². The van der Waals surface area contributed by atoms with E-state index in [4.69, 9.17) is 14.2 Å². The lowest BCUT2D eigenvalue weighted by molar-refractivity contribution is -0.249. The Labute approximate surface area is 168 Å². The van der Waals surface area contributed by atoms with Gasteiger partial charge in [0.1, 0.15) is 12.4 Å². The predicted octanol–water partition coefficient (Wildman–Crippen LogP) is 4.11. The van der Waals surface area contributed by atoms with Gasteiger partial charge in [0, 0.05) is 32.9 Å². The molecule has 0 spiro atoms. The van der Waals surface area contributed by atoms with Gasteiger partial charge < -0.3 is 19.1 Å². The summed E-state index contributed by atoms with van der Waals surface area (Å²) in [6, 6.07) is 13.5. The monoisotopic (exact) mass is 406 g/mol. The molecule has 1 N–H and O–H groups in total. The molecule has 2 aromatic carbocycles. The first kappa shape index (κ1) is 21.0. The number of hydrogen-bond donors (Lipinski definition) is 1. The Morgan fingerprint density at radius 1 is 1.21 bits per heavy atom. The Morgan fingerprint density at radius 2 is 1.93 bits per heavy atom. The van der Waals surface area contributed by atoms with Gasteiger partial charge in [0.2, 0.25) is 5.79 Å². The van der Waals surface area contributed by atoms with Crippen LogP contribution in [0, 0.1) is 5.82 Å². The lowest BCUT2D eigenvalue weighted by Gasteiger charge is -2.42. The number of nitrogens with zero attached hydrogens (tertiary/aromatic N) is 1. The highest BCUT2D eigenvalue weighted by atomic mass is 19.1. The molecule has 29 heavy (non-hydrogen) atoms. The van der Waals surface area contributed by atoms with Crippen LogP contribution in [0.1, 0.15) is 12.0 Å². The van der Waals surface area contributed by atoms with E-state index in [0.29, 0.717) is 6.54 Å². The minimum atomic E-state index is -1.43. The molecule has 0 aliphatic carbocycles. The van der Waals surface area contributed by atoms with Crippen LogP contribution in [-0.4, -0.2) is 45.4 Å². The highest BCUT2D eigenvalue weighted by molar-refractivity contribution is 5.85. The molecule has 1 saturated heterocycles. The standard InChI is InChI=1S/C21H24F2N2O4/c1-27-21(28-2)10-11-25(13-19(21)23)18-9-8-16(12-17(18)22)24-20(26)29-14-15-6-4-3-5-7-15/h3-9,12,19H,10-11,13-14H2,1-2H3,(H,24,26). The van der Waals surface area contributed by atoms with Crippen molar-refractivity contribution in [3.8, 4) is 0 Å². The van der Waals surface area contributed by atoms with Crippen molar-refractivity contribution in [2.75, 3.05) is 37.5 Å². The van der Waals surface area contributed by atoms with Crippen LogP contribution in [0.25, 0.3) is 0 Å². The van der Waals surface area contributed by atoms with E-state index >= 15 is 0 Å². The van der Waals surface area contributed by atoms with Gasteiger partial charge in [0.25, 0.3) is 0 Å². The summed E-state index contributed by atoms with van der Waals surface area (Å²) in [4.78, 5) is 13.5. The molecule has 0 aromatic heterocycles. The van der Waals surface area contributed by atoms with Crippen molar-refractivity contribution in [2.45, 2.75) is 25.0 Å². The highest BCUT2D eigenvalue weighted by Crippen LogP contribution is 2.33. The third-order valence-corrected chi connectivity index (χ3v) is 5.03. The van der Waals surface area contributed by atoms with E-state index in [2.05, 4.69) is 5.32 Å². The SMILES string of the molecule is COC1(OC)CCN(c2ccc(NC(=O)OCc3ccccc3)cc2F)CC1F.